The predicted molar refractivity (Wildman–Crippen MR) is 109 cm³/mol. The van der Waals surface area contributed by atoms with E-state index in [9.17, 15) is 24.1 Å². The number of benzene rings is 3. The first-order valence-electron chi connectivity index (χ1n) is 9.13. The average Bonchev–Trinajstić information content (AvgIpc) is 3.04. The number of carbonyl (C=O) groups excluding carboxylic acids is 2. The number of carbonyl (C=O) groups is 2. The third-order valence-corrected chi connectivity index (χ3v) is 4.65. The van der Waals surface area contributed by atoms with Crippen LogP contribution in [0.25, 0.3) is 6.08 Å². The third kappa shape index (κ3) is 3.91. The summed E-state index contributed by atoms with van der Waals surface area (Å²) in [7, 11) is 0. The van der Waals surface area contributed by atoms with Crippen LogP contribution in [0.15, 0.2) is 66.4 Å². The molecule has 1 heterocycles. The molecule has 4 rings (SSSR count). The molecule has 7 nitrogen and oxygen atoms in total. The van der Waals surface area contributed by atoms with Crippen LogP contribution in [0, 0.1) is 22.9 Å². The number of hydrogen-bond acceptors (Lipinski definition) is 6. The van der Waals surface area contributed by atoms with Gasteiger partial charge in [-0.15, -0.1) is 0 Å². The Morgan fingerprint density at radius 2 is 1.84 bits per heavy atom. The minimum absolute atomic E-state index is 0.0320. The summed E-state index contributed by atoms with van der Waals surface area (Å²) in [5.41, 5.74) is 1.10. The largest absolute Gasteiger partial charge is 0.452 e. The van der Waals surface area contributed by atoms with Gasteiger partial charge < -0.3 is 9.47 Å². The van der Waals surface area contributed by atoms with E-state index in [1.165, 1.54) is 60.7 Å². The molecule has 0 radical (unpaired) electrons. The number of nitro benzene ring substituents is 1. The van der Waals surface area contributed by atoms with Gasteiger partial charge in [-0.05, 0) is 54.5 Å². The van der Waals surface area contributed by atoms with E-state index in [4.69, 9.17) is 9.47 Å². The van der Waals surface area contributed by atoms with Crippen molar-refractivity contribution in [2.75, 3.05) is 0 Å². The first-order valence-corrected chi connectivity index (χ1v) is 9.13. The molecule has 0 aromatic heterocycles. The zero-order valence-electron chi connectivity index (χ0n) is 16.1. The number of halogens is 1. The van der Waals surface area contributed by atoms with Gasteiger partial charge in [-0.3, -0.25) is 14.9 Å². The Labute approximate surface area is 175 Å². The lowest BCUT2D eigenvalue weighted by Gasteiger charge is -2.08. The summed E-state index contributed by atoms with van der Waals surface area (Å²) in [6.45, 7) is 1.66. The van der Waals surface area contributed by atoms with Gasteiger partial charge in [-0.25, -0.2) is 9.18 Å². The van der Waals surface area contributed by atoms with E-state index >= 15 is 0 Å². The molecule has 3 aromatic carbocycles. The molecule has 8 heteroatoms. The first-order chi connectivity index (χ1) is 14.8. The van der Waals surface area contributed by atoms with E-state index in [0.29, 0.717) is 16.7 Å². The molecule has 0 N–H and O–H groups in total. The van der Waals surface area contributed by atoms with Crippen LogP contribution in [0.5, 0.6) is 11.5 Å². The molecule has 0 unspecified atom stereocenters. The Balaban J connectivity index is 1.59. The second-order valence-electron chi connectivity index (χ2n) is 6.77. The summed E-state index contributed by atoms with van der Waals surface area (Å²) in [4.78, 5) is 35.3. The fourth-order valence-electron chi connectivity index (χ4n) is 3.17. The molecule has 0 fully saturated rings. The molecular formula is C23H14FNO6. The fraction of sp³-hybridized carbons (Fsp3) is 0.0435. The zero-order chi connectivity index (χ0) is 22.1. The van der Waals surface area contributed by atoms with Crippen molar-refractivity contribution in [2.45, 2.75) is 6.92 Å². The number of nitro groups is 1. The Hall–Kier alpha value is -4.33. The normalized spacial score (nSPS) is 13.6. The first kappa shape index (κ1) is 20.0. The smallest absolute Gasteiger partial charge is 0.346 e. The molecule has 0 saturated carbocycles. The van der Waals surface area contributed by atoms with Gasteiger partial charge in [0.15, 0.2) is 5.76 Å². The molecule has 0 atom stereocenters. The van der Waals surface area contributed by atoms with E-state index in [-0.39, 0.29) is 34.3 Å². The van der Waals surface area contributed by atoms with Crippen LogP contribution in [0.4, 0.5) is 10.1 Å². The highest BCUT2D eigenvalue weighted by Gasteiger charge is 2.30. The van der Waals surface area contributed by atoms with E-state index in [1.807, 2.05) is 0 Å². The standard InChI is InChI=1S/C23H14FNO6/c1-13-10-16(30-23(27)17-4-2-3-5-18(17)24)12-19-21(13)22(26)20(31-19)11-14-6-8-15(9-7-14)25(28)29/h2-12H,1H3/b20-11-. The van der Waals surface area contributed by atoms with Gasteiger partial charge in [0.25, 0.3) is 5.69 Å². The SMILES string of the molecule is Cc1cc(OC(=O)c2ccccc2F)cc2c1C(=O)/C(=C/c1ccc([N+](=O)[O-])cc1)O2. The van der Waals surface area contributed by atoms with E-state index in [0.717, 1.165) is 6.07 Å². The van der Waals surface area contributed by atoms with E-state index < -0.39 is 16.7 Å². The zero-order valence-corrected chi connectivity index (χ0v) is 16.1. The highest BCUT2D eigenvalue weighted by atomic mass is 19.1. The van der Waals surface area contributed by atoms with Crippen molar-refractivity contribution >= 4 is 23.5 Å². The third-order valence-electron chi connectivity index (χ3n) is 4.65. The molecule has 0 amide bonds. The number of Topliss-reactive ketones (excluding diaryl/α,β-unsaturated/α-hetero) is 1. The van der Waals surface area contributed by atoms with Crippen molar-refractivity contribution < 1.29 is 28.4 Å². The summed E-state index contributed by atoms with van der Waals surface area (Å²) in [6, 6.07) is 14.0. The summed E-state index contributed by atoms with van der Waals surface area (Å²) >= 11 is 0. The number of non-ortho nitro benzene ring substituents is 1. The lowest BCUT2D eigenvalue weighted by molar-refractivity contribution is -0.384. The second kappa shape index (κ2) is 7.83. The number of fused-ring (bicyclic) bond motifs is 1. The van der Waals surface area contributed by atoms with Gasteiger partial charge in [0.05, 0.1) is 16.1 Å². The van der Waals surface area contributed by atoms with Crippen molar-refractivity contribution in [3.05, 3.63) is 105 Å². The number of esters is 1. The maximum atomic E-state index is 13.8. The number of rotatable bonds is 4. The van der Waals surface area contributed by atoms with Crippen LogP contribution in [0.3, 0.4) is 0 Å². The summed E-state index contributed by atoms with van der Waals surface area (Å²) < 4.78 is 24.7. The molecule has 3 aromatic rings. The maximum Gasteiger partial charge on any atom is 0.346 e. The van der Waals surface area contributed by atoms with Gasteiger partial charge in [0.2, 0.25) is 5.78 Å². The summed E-state index contributed by atoms with van der Waals surface area (Å²) in [5, 5.41) is 10.8. The van der Waals surface area contributed by atoms with Crippen molar-refractivity contribution in [3.8, 4) is 11.5 Å². The van der Waals surface area contributed by atoms with Crippen LogP contribution in [0.2, 0.25) is 0 Å². The summed E-state index contributed by atoms with van der Waals surface area (Å²) in [5.74, 6) is -1.60. The maximum absolute atomic E-state index is 13.8. The van der Waals surface area contributed by atoms with Gasteiger partial charge in [0, 0.05) is 18.2 Å². The molecule has 31 heavy (non-hydrogen) atoms. The quantitative estimate of drug-likeness (QED) is 0.197. The number of nitrogens with zero attached hydrogens (tertiary/aromatic N) is 1. The van der Waals surface area contributed by atoms with Crippen molar-refractivity contribution in [2.24, 2.45) is 0 Å². The monoisotopic (exact) mass is 419 g/mol. The number of ether oxygens (including phenoxy) is 2. The van der Waals surface area contributed by atoms with Gasteiger partial charge in [-0.1, -0.05) is 12.1 Å². The highest BCUT2D eigenvalue weighted by molar-refractivity contribution is 6.15. The average molecular weight is 419 g/mol. The van der Waals surface area contributed by atoms with Crippen LogP contribution >= 0.6 is 0 Å². The molecule has 1 aliphatic heterocycles. The van der Waals surface area contributed by atoms with Gasteiger partial charge >= 0.3 is 5.97 Å². The lowest BCUT2D eigenvalue weighted by Crippen LogP contribution is -2.10. The minimum atomic E-state index is -0.872. The van der Waals surface area contributed by atoms with Crippen LogP contribution in [0.1, 0.15) is 31.8 Å². The molecule has 0 spiro atoms. The lowest BCUT2D eigenvalue weighted by atomic mass is 10.0. The fourth-order valence-corrected chi connectivity index (χ4v) is 3.17. The highest BCUT2D eigenvalue weighted by Crippen LogP contribution is 2.37. The van der Waals surface area contributed by atoms with Crippen molar-refractivity contribution in [1.29, 1.82) is 0 Å². The number of ketones is 1. The topological polar surface area (TPSA) is 95.7 Å². The molecule has 0 aliphatic carbocycles. The second-order valence-corrected chi connectivity index (χ2v) is 6.77. The molecule has 0 saturated heterocycles. The predicted octanol–water partition coefficient (Wildman–Crippen LogP) is 4.88. The van der Waals surface area contributed by atoms with Crippen LogP contribution < -0.4 is 9.47 Å². The Kier molecular flexibility index (Phi) is 5.04. The number of hydrogen-bond donors (Lipinski definition) is 0. The van der Waals surface area contributed by atoms with E-state index in [2.05, 4.69) is 0 Å². The Bertz CT molecular complexity index is 1260. The summed E-state index contributed by atoms with van der Waals surface area (Å²) in [6.07, 6.45) is 1.47. The van der Waals surface area contributed by atoms with Crippen molar-refractivity contribution in [3.63, 3.8) is 0 Å². The number of allylic oxidation sites excluding steroid dienone is 1. The van der Waals surface area contributed by atoms with Crippen LogP contribution in [-0.2, 0) is 0 Å². The molecular weight excluding hydrogens is 405 g/mol. The number of aryl methyl sites for hydroxylation is 1. The molecule has 0 bridgehead atoms. The van der Waals surface area contributed by atoms with Crippen LogP contribution in [-0.4, -0.2) is 16.7 Å². The molecule has 1 aliphatic rings. The minimum Gasteiger partial charge on any atom is -0.452 e. The molecule has 154 valence electrons. The Morgan fingerprint density at radius 3 is 2.52 bits per heavy atom. The van der Waals surface area contributed by atoms with Gasteiger partial charge in [0.1, 0.15) is 17.3 Å². The van der Waals surface area contributed by atoms with E-state index in [1.54, 1.807) is 6.92 Å². The van der Waals surface area contributed by atoms with Crippen molar-refractivity contribution in [1.82, 2.24) is 0 Å². The van der Waals surface area contributed by atoms with Gasteiger partial charge in [-0.2, -0.15) is 0 Å². The Morgan fingerprint density at radius 1 is 1.13 bits per heavy atom.